The van der Waals surface area contributed by atoms with Crippen molar-refractivity contribution < 1.29 is 9.59 Å². The first-order chi connectivity index (χ1) is 15.2. The molecule has 0 radical (unpaired) electrons. The molecule has 1 heterocycles. The molecule has 7 heteroatoms. The number of halogens is 1. The van der Waals surface area contributed by atoms with Gasteiger partial charge in [0.1, 0.15) is 0 Å². The lowest BCUT2D eigenvalue weighted by atomic mass is 9.85. The number of guanidine groups is 1. The minimum absolute atomic E-state index is 0. The van der Waals surface area contributed by atoms with Crippen LogP contribution in [0.25, 0.3) is 0 Å². The molecule has 2 amide bonds. The lowest BCUT2D eigenvalue weighted by Gasteiger charge is -2.18. The van der Waals surface area contributed by atoms with Gasteiger partial charge in [0.15, 0.2) is 5.96 Å². The van der Waals surface area contributed by atoms with E-state index in [9.17, 15) is 9.59 Å². The first-order valence-electron chi connectivity index (χ1n) is 11.8. The van der Waals surface area contributed by atoms with Gasteiger partial charge in [-0.1, -0.05) is 36.4 Å². The van der Waals surface area contributed by atoms with Crippen molar-refractivity contribution in [2.24, 2.45) is 40.5 Å². The molecule has 7 atom stereocenters. The van der Waals surface area contributed by atoms with Crippen LogP contribution in [-0.2, 0) is 16.0 Å². The number of nitrogens with one attached hydrogen (secondary N) is 2. The van der Waals surface area contributed by atoms with Gasteiger partial charge in [-0.3, -0.25) is 19.5 Å². The second-order valence-corrected chi connectivity index (χ2v) is 9.73. The standard InChI is InChI=1S/C25H30N4O2.HI/c1-2-26-25(28-13-19-18-12-14-5-3-4-6-17(14)22(18)19)27-9-10-29-23(30)20-15-7-8-16(11-15)21(20)24(29)31;/h3-8,15-16,18-22H,2,9-13H2,1H3,(H2,26,27,28);1H. The van der Waals surface area contributed by atoms with Crippen LogP contribution in [0.15, 0.2) is 41.4 Å². The molecule has 5 aliphatic rings. The van der Waals surface area contributed by atoms with Gasteiger partial charge in [0, 0.05) is 26.2 Å². The summed E-state index contributed by atoms with van der Waals surface area (Å²) >= 11 is 0. The molecule has 7 unspecified atom stereocenters. The number of hydrogen-bond acceptors (Lipinski definition) is 3. The van der Waals surface area contributed by atoms with Crippen molar-refractivity contribution in [1.82, 2.24) is 15.5 Å². The number of fused-ring (bicyclic) bond motifs is 8. The third-order valence-electron chi connectivity index (χ3n) is 8.20. The highest BCUT2D eigenvalue weighted by atomic mass is 127. The summed E-state index contributed by atoms with van der Waals surface area (Å²) in [7, 11) is 0. The van der Waals surface area contributed by atoms with E-state index in [1.54, 1.807) is 0 Å². The van der Waals surface area contributed by atoms with Gasteiger partial charge in [-0.05, 0) is 60.5 Å². The van der Waals surface area contributed by atoms with Crippen LogP contribution in [0.3, 0.4) is 0 Å². The number of hydrogen-bond donors (Lipinski definition) is 2. The normalized spacial score (nSPS) is 35.5. The fourth-order valence-electron chi connectivity index (χ4n) is 6.74. The fraction of sp³-hybridized carbons (Fsp3) is 0.560. The number of nitrogens with zero attached hydrogens (tertiary/aromatic N) is 2. The topological polar surface area (TPSA) is 73.8 Å². The van der Waals surface area contributed by atoms with E-state index in [0.29, 0.717) is 24.9 Å². The molecule has 1 saturated heterocycles. The molecule has 6 nitrogen and oxygen atoms in total. The molecule has 2 N–H and O–H groups in total. The van der Waals surface area contributed by atoms with Crippen LogP contribution in [0.4, 0.5) is 0 Å². The molecule has 0 aromatic heterocycles. The van der Waals surface area contributed by atoms with Gasteiger partial charge >= 0.3 is 0 Å². The molecule has 4 aliphatic carbocycles. The smallest absolute Gasteiger partial charge is 0.233 e. The Balaban J connectivity index is 0.00000216. The Morgan fingerprint density at radius 1 is 1.06 bits per heavy atom. The average molecular weight is 546 g/mol. The average Bonchev–Trinajstić information content (AvgIpc) is 3.20. The maximum absolute atomic E-state index is 12.8. The number of imide groups is 1. The maximum atomic E-state index is 12.8. The molecule has 1 aliphatic heterocycles. The lowest BCUT2D eigenvalue weighted by Crippen LogP contribution is -2.43. The van der Waals surface area contributed by atoms with Crippen molar-refractivity contribution in [2.45, 2.75) is 25.7 Å². The van der Waals surface area contributed by atoms with E-state index in [1.165, 1.54) is 22.4 Å². The predicted molar refractivity (Wildman–Crippen MR) is 134 cm³/mol. The zero-order valence-electron chi connectivity index (χ0n) is 18.4. The molecule has 1 aromatic carbocycles. The number of amides is 2. The fourth-order valence-corrected chi connectivity index (χ4v) is 6.74. The van der Waals surface area contributed by atoms with E-state index in [0.717, 1.165) is 31.4 Å². The number of benzene rings is 1. The zero-order chi connectivity index (χ0) is 21.1. The van der Waals surface area contributed by atoms with Gasteiger partial charge < -0.3 is 10.6 Å². The van der Waals surface area contributed by atoms with Gasteiger partial charge in [0.25, 0.3) is 0 Å². The van der Waals surface area contributed by atoms with Crippen LogP contribution in [0, 0.1) is 35.5 Å². The SMILES string of the molecule is CCNC(=NCC1C2Cc3ccccc3C12)NCCN1C(=O)C2C3C=CC(C3)C2C1=O.I. The summed E-state index contributed by atoms with van der Waals surface area (Å²) in [4.78, 5) is 32.0. The molecule has 3 fully saturated rings. The minimum Gasteiger partial charge on any atom is -0.357 e. The summed E-state index contributed by atoms with van der Waals surface area (Å²) in [5, 5.41) is 6.64. The Labute approximate surface area is 206 Å². The van der Waals surface area contributed by atoms with Gasteiger partial charge in [0.05, 0.1) is 11.8 Å². The maximum Gasteiger partial charge on any atom is 0.233 e. The Hall–Kier alpha value is -1.90. The van der Waals surface area contributed by atoms with Crippen molar-refractivity contribution in [3.8, 4) is 0 Å². The zero-order valence-corrected chi connectivity index (χ0v) is 20.7. The van der Waals surface area contributed by atoms with E-state index in [2.05, 4.69) is 54.0 Å². The predicted octanol–water partition coefficient (Wildman–Crippen LogP) is 2.55. The molecule has 2 bridgehead atoms. The third kappa shape index (κ3) is 3.38. The van der Waals surface area contributed by atoms with Crippen molar-refractivity contribution in [3.05, 3.63) is 47.5 Å². The summed E-state index contributed by atoms with van der Waals surface area (Å²) in [5.74, 6) is 3.20. The molecule has 1 aromatic rings. The van der Waals surface area contributed by atoms with Gasteiger partial charge in [-0.2, -0.15) is 0 Å². The summed E-state index contributed by atoms with van der Waals surface area (Å²) in [5.41, 5.74) is 3.03. The highest BCUT2D eigenvalue weighted by Crippen LogP contribution is 2.61. The van der Waals surface area contributed by atoms with E-state index in [4.69, 9.17) is 4.99 Å². The van der Waals surface area contributed by atoms with Gasteiger partial charge in [-0.25, -0.2) is 0 Å². The molecule has 32 heavy (non-hydrogen) atoms. The summed E-state index contributed by atoms with van der Waals surface area (Å²) < 4.78 is 0. The molecule has 6 rings (SSSR count). The Bertz CT molecular complexity index is 962. The number of carbonyl (C=O) groups is 2. The molecular weight excluding hydrogens is 515 g/mol. The van der Waals surface area contributed by atoms with E-state index in [-0.39, 0.29) is 59.5 Å². The first kappa shape index (κ1) is 21.9. The van der Waals surface area contributed by atoms with Crippen LogP contribution in [0.5, 0.6) is 0 Å². The molecule has 170 valence electrons. The summed E-state index contributed by atoms with van der Waals surface area (Å²) in [6, 6.07) is 8.80. The molecular formula is C25H31IN4O2. The molecule has 0 spiro atoms. The highest BCUT2D eigenvalue weighted by molar-refractivity contribution is 14.0. The van der Waals surface area contributed by atoms with Crippen molar-refractivity contribution >= 4 is 41.8 Å². The van der Waals surface area contributed by atoms with E-state index in [1.807, 2.05) is 0 Å². The Morgan fingerprint density at radius 2 is 1.78 bits per heavy atom. The van der Waals surface area contributed by atoms with E-state index < -0.39 is 0 Å². The number of likely N-dealkylation sites (tertiary alicyclic amines) is 1. The summed E-state index contributed by atoms with van der Waals surface area (Å²) in [6.07, 6.45) is 6.44. The van der Waals surface area contributed by atoms with Crippen molar-refractivity contribution in [1.29, 1.82) is 0 Å². The third-order valence-corrected chi connectivity index (χ3v) is 8.20. The largest absolute Gasteiger partial charge is 0.357 e. The van der Waals surface area contributed by atoms with E-state index >= 15 is 0 Å². The first-order valence-corrected chi connectivity index (χ1v) is 11.8. The van der Waals surface area contributed by atoms with Gasteiger partial charge in [-0.15, -0.1) is 24.0 Å². The van der Waals surface area contributed by atoms with Crippen LogP contribution in [0.2, 0.25) is 0 Å². The second-order valence-electron chi connectivity index (χ2n) is 9.73. The molecule has 2 saturated carbocycles. The van der Waals surface area contributed by atoms with Gasteiger partial charge in [0.2, 0.25) is 11.8 Å². The van der Waals surface area contributed by atoms with Crippen LogP contribution in [-0.4, -0.2) is 48.9 Å². The quantitative estimate of drug-likeness (QED) is 0.189. The Morgan fingerprint density at radius 3 is 2.50 bits per heavy atom. The number of rotatable bonds is 6. The Kier molecular flexibility index (Phi) is 5.80. The number of carbonyl (C=O) groups excluding carboxylic acids is 2. The van der Waals surface area contributed by atoms with Crippen molar-refractivity contribution in [2.75, 3.05) is 26.2 Å². The monoisotopic (exact) mass is 546 g/mol. The number of aliphatic imine (C=N–C) groups is 1. The lowest BCUT2D eigenvalue weighted by molar-refractivity contribution is -0.140. The van der Waals surface area contributed by atoms with Crippen LogP contribution < -0.4 is 10.6 Å². The second kappa shape index (κ2) is 8.47. The van der Waals surface area contributed by atoms with Crippen molar-refractivity contribution in [3.63, 3.8) is 0 Å². The number of allylic oxidation sites excluding steroid dienone is 2. The highest BCUT2D eigenvalue weighted by Gasteiger charge is 2.59. The summed E-state index contributed by atoms with van der Waals surface area (Å²) in [6.45, 7) is 4.60. The minimum atomic E-state index is -0.110. The van der Waals surface area contributed by atoms with Crippen LogP contribution >= 0.6 is 24.0 Å². The van der Waals surface area contributed by atoms with Crippen LogP contribution in [0.1, 0.15) is 30.4 Å².